The van der Waals surface area contributed by atoms with Gasteiger partial charge in [-0.25, -0.2) is 0 Å². The molecular weight excluding hydrogens is 302 g/mol. The average molecular weight is 321 g/mol. The van der Waals surface area contributed by atoms with E-state index in [2.05, 4.69) is 17.4 Å². The molecule has 3 nitrogen and oxygen atoms in total. The number of carbonyl (C=O) groups is 1. The molecule has 0 saturated carbocycles. The Bertz CT molecular complexity index is 514. The first-order chi connectivity index (χ1) is 10.3. The third kappa shape index (κ3) is 6.78. The van der Waals surface area contributed by atoms with Crippen molar-refractivity contribution in [2.75, 3.05) is 18.1 Å². The number of carbonyl (C=O) groups excluding carboxylic acids is 1. The molecule has 5 heteroatoms. The predicted octanol–water partition coefficient (Wildman–Crippen LogP) is 3.56. The topological polar surface area (TPSA) is 42.2 Å². The summed E-state index contributed by atoms with van der Waals surface area (Å²) in [6.07, 6.45) is 1.68. The molecule has 2 aromatic rings. The van der Waals surface area contributed by atoms with Gasteiger partial charge < -0.3 is 9.73 Å². The molecule has 1 amide bonds. The number of rotatable bonds is 9. The lowest BCUT2D eigenvalue weighted by atomic mass is 10.2. The Labute approximate surface area is 133 Å². The average Bonchev–Trinajstić information content (AvgIpc) is 3.01. The van der Waals surface area contributed by atoms with Crippen molar-refractivity contribution in [1.82, 2.24) is 5.32 Å². The number of amides is 1. The van der Waals surface area contributed by atoms with Gasteiger partial charge in [0.05, 0.1) is 17.8 Å². The van der Waals surface area contributed by atoms with Gasteiger partial charge in [-0.15, -0.1) is 11.8 Å². The van der Waals surface area contributed by atoms with Gasteiger partial charge in [0.2, 0.25) is 5.91 Å². The van der Waals surface area contributed by atoms with Crippen LogP contribution >= 0.6 is 23.5 Å². The van der Waals surface area contributed by atoms with Gasteiger partial charge in [0.25, 0.3) is 0 Å². The zero-order valence-electron chi connectivity index (χ0n) is 11.8. The molecule has 0 aliphatic rings. The van der Waals surface area contributed by atoms with E-state index in [9.17, 15) is 4.79 Å². The molecule has 0 aliphatic carbocycles. The van der Waals surface area contributed by atoms with Crippen molar-refractivity contribution >= 4 is 29.4 Å². The summed E-state index contributed by atoms with van der Waals surface area (Å²) in [4.78, 5) is 11.7. The third-order valence-corrected chi connectivity index (χ3v) is 4.72. The molecule has 1 aromatic heterocycles. The van der Waals surface area contributed by atoms with Crippen LogP contribution in [0.3, 0.4) is 0 Å². The summed E-state index contributed by atoms with van der Waals surface area (Å²) in [7, 11) is 0. The van der Waals surface area contributed by atoms with Crippen LogP contribution in [0.1, 0.15) is 11.3 Å². The number of benzene rings is 1. The Kier molecular flexibility index (Phi) is 7.32. The van der Waals surface area contributed by atoms with Gasteiger partial charge in [0.1, 0.15) is 5.76 Å². The van der Waals surface area contributed by atoms with Crippen LogP contribution in [0.2, 0.25) is 0 Å². The summed E-state index contributed by atoms with van der Waals surface area (Å²) >= 11 is 3.40. The highest BCUT2D eigenvalue weighted by atomic mass is 32.2. The molecule has 21 heavy (non-hydrogen) atoms. The van der Waals surface area contributed by atoms with E-state index in [4.69, 9.17) is 4.42 Å². The van der Waals surface area contributed by atoms with Crippen molar-refractivity contribution in [3.05, 3.63) is 60.1 Å². The maximum absolute atomic E-state index is 11.7. The van der Waals surface area contributed by atoms with Crippen LogP contribution in [0.15, 0.2) is 53.1 Å². The van der Waals surface area contributed by atoms with Crippen LogP contribution < -0.4 is 5.32 Å². The maximum atomic E-state index is 11.7. The second-order valence-electron chi connectivity index (χ2n) is 4.46. The standard InChI is InChI=1S/C16H19NO2S2/c18-16(13-21-11-14-5-2-1-3-6-14)17-8-10-20-12-15-7-4-9-19-15/h1-7,9H,8,10-13H2,(H,17,18). The summed E-state index contributed by atoms with van der Waals surface area (Å²) in [6, 6.07) is 14.1. The van der Waals surface area contributed by atoms with Gasteiger partial charge in [-0.2, -0.15) is 11.8 Å². The van der Waals surface area contributed by atoms with Crippen LogP contribution in [-0.4, -0.2) is 24.0 Å². The zero-order chi connectivity index (χ0) is 14.8. The van der Waals surface area contributed by atoms with E-state index < -0.39 is 0 Å². The number of thioether (sulfide) groups is 2. The predicted molar refractivity (Wildman–Crippen MR) is 90.5 cm³/mol. The normalized spacial score (nSPS) is 10.5. The van der Waals surface area contributed by atoms with Crippen molar-refractivity contribution in [3.63, 3.8) is 0 Å². The first-order valence-corrected chi connectivity index (χ1v) is 9.14. The Morgan fingerprint density at radius 3 is 2.67 bits per heavy atom. The number of hydrogen-bond donors (Lipinski definition) is 1. The molecule has 1 aromatic carbocycles. The van der Waals surface area contributed by atoms with Crippen LogP contribution in [0, 0.1) is 0 Å². The van der Waals surface area contributed by atoms with Crippen molar-refractivity contribution in [2.24, 2.45) is 0 Å². The van der Waals surface area contributed by atoms with Crippen molar-refractivity contribution < 1.29 is 9.21 Å². The van der Waals surface area contributed by atoms with Crippen LogP contribution in [0.5, 0.6) is 0 Å². The molecule has 1 heterocycles. The summed E-state index contributed by atoms with van der Waals surface area (Å²) in [5.41, 5.74) is 1.25. The van der Waals surface area contributed by atoms with Crippen molar-refractivity contribution in [2.45, 2.75) is 11.5 Å². The highest BCUT2D eigenvalue weighted by Crippen LogP contribution is 2.12. The minimum Gasteiger partial charge on any atom is -0.468 e. The molecule has 0 spiro atoms. The Morgan fingerprint density at radius 2 is 1.90 bits per heavy atom. The van der Waals surface area contributed by atoms with Crippen LogP contribution in [0.4, 0.5) is 0 Å². The minimum atomic E-state index is 0.106. The van der Waals surface area contributed by atoms with Crippen LogP contribution in [-0.2, 0) is 16.3 Å². The van der Waals surface area contributed by atoms with E-state index in [1.807, 2.05) is 30.3 Å². The van der Waals surface area contributed by atoms with E-state index in [0.717, 1.165) is 23.0 Å². The second kappa shape index (κ2) is 9.58. The highest BCUT2D eigenvalue weighted by molar-refractivity contribution is 7.99. The summed E-state index contributed by atoms with van der Waals surface area (Å²) in [6.45, 7) is 0.704. The Balaban J connectivity index is 1.48. The Morgan fingerprint density at radius 1 is 1.05 bits per heavy atom. The second-order valence-corrected chi connectivity index (χ2v) is 6.55. The van der Waals surface area contributed by atoms with E-state index in [-0.39, 0.29) is 5.91 Å². The van der Waals surface area contributed by atoms with Crippen molar-refractivity contribution in [1.29, 1.82) is 0 Å². The molecule has 0 aliphatic heterocycles. The molecule has 112 valence electrons. The molecule has 0 unspecified atom stereocenters. The van der Waals surface area contributed by atoms with E-state index in [1.165, 1.54) is 5.56 Å². The SMILES string of the molecule is O=C(CSCc1ccccc1)NCCSCc1ccco1. The van der Waals surface area contributed by atoms with E-state index in [0.29, 0.717) is 12.3 Å². The zero-order valence-corrected chi connectivity index (χ0v) is 13.4. The first-order valence-electron chi connectivity index (χ1n) is 6.83. The third-order valence-electron chi connectivity index (χ3n) is 2.74. The van der Waals surface area contributed by atoms with Crippen LogP contribution in [0.25, 0.3) is 0 Å². The Hall–Kier alpha value is -1.33. The molecule has 0 bridgehead atoms. The van der Waals surface area contributed by atoms with Gasteiger partial charge in [0.15, 0.2) is 0 Å². The molecule has 0 radical (unpaired) electrons. The lowest BCUT2D eigenvalue weighted by Crippen LogP contribution is -2.27. The maximum Gasteiger partial charge on any atom is 0.230 e. The van der Waals surface area contributed by atoms with Gasteiger partial charge in [-0.3, -0.25) is 4.79 Å². The van der Waals surface area contributed by atoms with E-state index >= 15 is 0 Å². The summed E-state index contributed by atoms with van der Waals surface area (Å²) in [5, 5.41) is 2.94. The largest absolute Gasteiger partial charge is 0.468 e. The molecule has 1 N–H and O–H groups in total. The quantitative estimate of drug-likeness (QED) is 0.717. The number of furan rings is 1. The fourth-order valence-corrected chi connectivity index (χ4v) is 3.29. The lowest BCUT2D eigenvalue weighted by molar-refractivity contribution is -0.118. The fourth-order valence-electron chi connectivity index (χ4n) is 1.72. The molecule has 0 saturated heterocycles. The molecule has 2 rings (SSSR count). The smallest absolute Gasteiger partial charge is 0.230 e. The fraction of sp³-hybridized carbons (Fsp3) is 0.312. The van der Waals surface area contributed by atoms with Crippen molar-refractivity contribution in [3.8, 4) is 0 Å². The highest BCUT2D eigenvalue weighted by Gasteiger charge is 2.02. The van der Waals surface area contributed by atoms with Gasteiger partial charge in [0, 0.05) is 18.1 Å². The van der Waals surface area contributed by atoms with Gasteiger partial charge >= 0.3 is 0 Å². The first kappa shape index (κ1) is 16.0. The number of hydrogen-bond acceptors (Lipinski definition) is 4. The minimum absolute atomic E-state index is 0.106. The molecule has 0 atom stereocenters. The van der Waals surface area contributed by atoms with Gasteiger partial charge in [-0.05, 0) is 17.7 Å². The number of nitrogens with one attached hydrogen (secondary N) is 1. The summed E-state index contributed by atoms with van der Waals surface area (Å²) < 4.78 is 5.24. The summed E-state index contributed by atoms with van der Waals surface area (Å²) in [5.74, 6) is 4.22. The van der Waals surface area contributed by atoms with Gasteiger partial charge in [-0.1, -0.05) is 30.3 Å². The lowest BCUT2D eigenvalue weighted by Gasteiger charge is -2.05. The van der Waals surface area contributed by atoms with E-state index in [1.54, 1.807) is 29.8 Å². The monoisotopic (exact) mass is 321 g/mol. The molecule has 0 fully saturated rings. The molecular formula is C16H19NO2S2.